The number of aromatic nitrogens is 4. The molecule has 1 atom stereocenters. The van der Waals surface area contributed by atoms with E-state index in [4.69, 9.17) is 4.74 Å². The summed E-state index contributed by atoms with van der Waals surface area (Å²) in [5.74, 6) is -0.293. The smallest absolute Gasteiger partial charge is 0.272 e. The van der Waals surface area contributed by atoms with Crippen molar-refractivity contribution in [2.45, 2.75) is 6.04 Å². The van der Waals surface area contributed by atoms with Crippen molar-refractivity contribution in [1.29, 1.82) is 0 Å². The summed E-state index contributed by atoms with van der Waals surface area (Å²) >= 11 is 1.35. The maximum Gasteiger partial charge on any atom is 0.272 e. The van der Waals surface area contributed by atoms with Gasteiger partial charge in [-0.25, -0.2) is 9.37 Å². The minimum atomic E-state index is -0.330. The topological polar surface area (TPSA) is 61.9 Å². The van der Waals surface area contributed by atoms with E-state index in [0.29, 0.717) is 16.8 Å². The molecule has 1 aromatic carbocycles. The van der Waals surface area contributed by atoms with Gasteiger partial charge in [-0.1, -0.05) is 12.1 Å². The van der Waals surface area contributed by atoms with E-state index in [1.807, 2.05) is 19.2 Å². The zero-order valence-electron chi connectivity index (χ0n) is 14.8. The molecule has 4 rings (SSSR count). The minimum Gasteiger partial charge on any atom is -0.382 e. The largest absolute Gasteiger partial charge is 0.382 e. The van der Waals surface area contributed by atoms with Crippen LogP contribution in [-0.4, -0.2) is 33.0 Å². The lowest BCUT2D eigenvalue weighted by Crippen LogP contribution is -2.29. The van der Waals surface area contributed by atoms with E-state index in [2.05, 4.69) is 10.1 Å². The van der Waals surface area contributed by atoms with Crippen LogP contribution in [0.15, 0.2) is 53.7 Å². The molecule has 3 aromatic heterocycles. The third-order valence-electron chi connectivity index (χ3n) is 4.45. The van der Waals surface area contributed by atoms with Crippen molar-refractivity contribution in [3.63, 3.8) is 0 Å². The summed E-state index contributed by atoms with van der Waals surface area (Å²) in [6, 6.07) is 9.59. The number of ether oxygens (including phenoxy) is 1. The first kappa shape index (κ1) is 17.6. The molecule has 6 nitrogen and oxygen atoms in total. The van der Waals surface area contributed by atoms with E-state index < -0.39 is 0 Å². The lowest BCUT2D eigenvalue weighted by Gasteiger charge is -2.18. The van der Waals surface area contributed by atoms with E-state index in [1.165, 1.54) is 23.5 Å². The molecular formula is C19H17FN4O2S. The van der Waals surface area contributed by atoms with Crippen LogP contribution in [0.25, 0.3) is 20.7 Å². The highest BCUT2D eigenvalue weighted by molar-refractivity contribution is 7.22. The number of hydrogen-bond donors (Lipinski definition) is 0. The lowest BCUT2D eigenvalue weighted by molar-refractivity contribution is 0.164. The molecule has 4 aromatic rings. The molecule has 0 saturated carbocycles. The number of aryl methyl sites for hydroxylation is 1. The molecule has 0 aliphatic carbocycles. The van der Waals surface area contributed by atoms with Gasteiger partial charge in [0.1, 0.15) is 16.6 Å². The first-order valence-corrected chi connectivity index (χ1v) is 9.13. The Morgan fingerprint density at radius 3 is 2.70 bits per heavy atom. The fourth-order valence-electron chi connectivity index (χ4n) is 3.08. The zero-order chi connectivity index (χ0) is 19.0. The summed E-state index contributed by atoms with van der Waals surface area (Å²) in [7, 11) is 3.42. The maximum atomic E-state index is 13.2. The molecule has 8 heteroatoms. The van der Waals surface area contributed by atoms with Crippen LogP contribution in [0.4, 0.5) is 4.39 Å². The number of methoxy groups -OCH3 is 1. The van der Waals surface area contributed by atoms with Crippen molar-refractivity contribution in [2.75, 3.05) is 13.7 Å². The van der Waals surface area contributed by atoms with Crippen LogP contribution in [0.1, 0.15) is 11.7 Å². The summed E-state index contributed by atoms with van der Waals surface area (Å²) in [5, 5.41) is 4.19. The van der Waals surface area contributed by atoms with Gasteiger partial charge in [0, 0.05) is 25.2 Å². The van der Waals surface area contributed by atoms with Gasteiger partial charge in [0.15, 0.2) is 0 Å². The van der Waals surface area contributed by atoms with Crippen LogP contribution < -0.4 is 5.56 Å². The predicted molar refractivity (Wildman–Crippen MR) is 102 cm³/mol. The van der Waals surface area contributed by atoms with Crippen molar-refractivity contribution in [3.8, 4) is 10.4 Å². The van der Waals surface area contributed by atoms with Crippen molar-refractivity contribution in [3.05, 3.63) is 70.8 Å². The minimum absolute atomic E-state index is 0.137. The number of rotatable bonds is 5. The average Bonchev–Trinajstić information content (AvgIpc) is 3.28. The van der Waals surface area contributed by atoms with E-state index in [0.717, 1.165) is 16.1 Å². The van der Waals surface area contributed by atoms with Crippen molar-refractivity contribution in [1.82, 2.24) is 19.3 Å². The van der Waals surface area contributed by atoms with Gasteiger partial charge in [0.05, 0.1) is 24.1 Å². The molecule has 0 amide bonds. The molecular weight excluding hydrogens is 367 g/mol. The molecule has 0 spiro atoms. The molecule has 0 radical (unpaired) electrons. The normalized spacial score (nSPS) is 12.6. The summed E-state index contributed by atoms with van der Waals surface area (Å²) in [5.41, 5.74) is 2.20. The molecule has 0 bridgehead atoms. The number of halogens is 1. The van der Waals surface area contributed by atoms with Crippen molar-refractivity contribution < 1.29 is 9.13 Å². The molecule has 0 N–H and O–H groups in total. The van der Waals surface area contributed by atoms with Crippen LogP contribution in [0.2, 0.25) is 0 Å². The van der Waals surface area contributed by atoms with Crippen LogP contribution in [-0.2, 0) is 11.8 Å². The van der Waals surface area contributed by atoms with Crippen LogP contribution in [0.3, 0.4) is 0 Å². The van der Waals surface area contributed by atoms with Gasteiger partial charge in [0.25, 0.3) is 5.56 Å². The maximum absolute atomic E-state index is 13.2. The van der Waals surface area contributed by atoms with Crippen LogP contribution >= 0.6 is 11.3 Å². The number of fused-ring (bicyclic) bond motifs is 1. The Hall–Kier alpha value is -2.84. The monoisotopic (exact) mass is 384 g/mol. The second-order valence-electron chi connectivity index (χ2n) is 6.14. The van der Waals surface area contributed by atoms with Gasteiger partial charge in [-0.2, -0.15) is 5.10 Å². The van der Waals surface area contributed by atoms with E-state index >= 15 is 0 Å². The van der Waals surface area contributed by atoms with Gasteiger partial charge in [-0.3, -0.25) is 14.0 Å². The quantitative estimate of drug-likeness (QED) is 0.530. The second-order valence-corrected chi connectivity index (χ2v) is 7.19. The van der Waals surface area contributed by atoms with Gasteiger partial charge >= 0.3 is 0 Å². The number of thiophene rings is 1. The van der Waals surface area contributed by atoms with E-state index in [9.17, 15) is 9.18 Å². The number of benzene rings is 1. The Kier molecular flexibility index (Phi) is 4.59. The number of hydrogen-bond acceptors (Lipinski definition) is 5. The van der Waals surface area contributed by atoms with Gasteiger partial charge < -0.3 is 4.74 Å². The Labute approximate surface area is 158 Å². The second kappa shape index (κ2) is 7.05. The van der Waals surface area contributed by atoms with Crippen molar-refractivity contribution >= 4 is 21.6 Å². The molecule has 0 fully saturated rings. The van der Waals surface area contributed by atoms with Crippen LogP contribution in [0.5, 0.6) is 0 Å². The summed E-state index contributed by atoms with van der Waals surface area (Å²) in [4.78, 5) is 18.5. The fraction of sp³-hybridized carbons (Fsp3) is 0.211. The van der Waals surface area contributed by atoms with E-state index in [1.54, 1.807) is 41.0 Å². The molecule has 138 valence electrons. The van der Waals surface area contributed by atoms with E-state index in [-0.39, 0.29) is 17.4 Å². The number of nitrogens with zero attached hydrogens (tertiary/aromatic N) is 4. The van der Waals surface area contributed by atoms with Crippen LogP contribution in [0, 0.1) is 5.82 Å². The zero-order valence-corrected chi connectivity index (χ0v) is 15.6. The fourth-order valence-corrected chi connectivity index (χ4v) is 4.13. The Morgan fingerprint density at radius 2 is 2.04 bits per heavy atom. The summed E-state index contributed by atoms with van der Waals surface area (Å²) < 4.78 is 22.4. The highest BCUT2D eigenvalue weighted by atomic mass is 32.1. The molecule has 0 aliphatic rings. The summed E-state index contributed by atoms with van der Waals surface area (Å²) in [6.07, 6.45) is 3.23. The first-order chi connectivity index (χ1) is 13.1. The molecule has 0 aliphatic heterocycles. The highest BCUT2D eigenvalue weighted by Gasteiger charge is 2.21. The SMILES string of the molecule is COCC(c1ccnn1C)n1cnc2cc(-c3ccc(F)cc3)sc2c1=O. The standard InChI is InChI=1S/C19H17FN4O2S/c1-23-15(7-8-22-23)16(10-26-2)24-11-21-14-9-17(27-18(14)19(24)25)12-3-5-13(20)6-4-12/h3-9,11,16H,10H2,1-2H3. The molecule has 1 unspecified atom stereocenters. The Morgan fingerprint density at radius 1 is 1.26 bits per heavy atom. The molecule has 27 heavy (non-hydrogen) atoms. The predicted octanol–water partition coefficient (Wildman–Crippen LogP) is 3.23. The summed E-state index contributed by atoms with van der Waals surface area (Å²) in [6.45, 7) is 0.322. The third-order valence-corrected chi connectivity index (χ3v) is 5.61. The highest BCUT2D eigenvalue weighted by Crippen LogP contribution is 2.31. The van der Waals surface area contributed by atoms with Gasteiger partial charge in [-0.15, -0.1) is 11.3 Å². The first-order valence-electron chi connectivity index (χ1n) is 8.32. The average molecular weight is 384 g/mol. The lowest BCUT2D eigenvalue weighted by atomic mass is 10.2. The van der Waals surface area contributed by atoms with Gasteiger partial charge in [0.2, 0.25) is 0 Å². The molecule has 3 heterocycles. The Balaban J connectivity index is 1.83. The molecule has 0 saturated heterocycles. The van der Waals surface area contributed by atoms with Gasteiger partial charge in [-0.05, 0) is 29.8 Å². The van der Waals surface area contributed by atoms with Crippen molar-refractivity contribution in [2.24, 2.45) is 7.05 Å². The Bertz CT molecular complexity index is 1150. The third kappa shape index (κ3) is 3.17.